The number of carbonyl (C=O) groups excluding carboxylic acids is 2. The number of halogens is 2. The predicted octanol–water partition coefficient (Wildman–Crippen LogP) is 4.97. The number of ether oxygens (including phenoxy) is 1. The number of amides is 2. The highest BCUT2D eigenvalue weighted by Crippen LogP contribution is 2.23. The molecule has 2 N–H and O–H groups in total. The average Bonchev–Trinajstić information content (AvgIpc) is 2.74. The highest BCUT2D eigenvalue weighted by atomic mass is 35.5. The Balaban J connectivity index is 1.59. The Morgan fingerprint density at radius 2 is 1.81 bits per heavy atom. The fourth-order valence-corrected chi connectivity index (χ4v) is 3.10. The molecular formula is C23H19Cl2N3O3. The van der Waals surface area contributed by atoms with Gasteiger partial charge >= 0.3 is 11.8 Å². The second kappa shape index (κ2) is 10.6. The van der Waals surface area contributed by atoms with Crippen molar-refractivity contribution < 1.29 is 14.3 Å². The summed E-state index contributed by atoms with van der Waals surface area (Å²) < 4.78 is 5.83. The van der Waals surface area contributed by atoms with E-state index < -0.39 is 11.8 Å². The van der Waals surface area contributed by atoms with Crippen molar-refractivity contribution in [2.24, 2.45) is 5.10 Å². The van der Waals surface area contributed by atoms with Gasteiger partial charge in [-0.3, -0.25) is 9.59 Å². The van der Waals surface area contributed by atoms with Crippen LogP contribution in [0.5, 0.6) is 5.75 Å². The summed E-state index contributed by atoms with van der Waals surface area (Å²) in [6.45, 7) is 2.12. The molecule has 0 aliphatic heterocycles. The lowest BCUT2D eigenvalue weighted by Crippen LogP contribution is -2.32. The van der Waals surface area contributed by atoms with Crippen LogP contribution in [-0.4, -0.2) is 18.0 Å². The van der Waals surface area contributed by atoms with Gasteiger partial charge in [0.15, 0.2) is 0 Å². The maximum atomic E-state index is 12.0. The highest BCUT2D eigenvalue weighted by molar-refractivity contribution is 6.39. The Bertz CT molecular complexity index is 1130. The normalized spacial score (nSPS) is 10.7. The molecule has 0 aromatic heterocycles. The van der Waals surface area contributed by atoms with Crippen LogP contribution >= 0.6 is 23.2 Å². The predicted molar refractivity (Wildman–Crippen MR) is 123 cm³/mol. The fraction of sp³-hybridized carbons (Fsp3) is 0.0870. The Morgan fingerprint density at radius 3 is 2.58 bits per heavy atom. The standard InChI is InChI=1S/C23H19Cl2N3O3/c1-15-5-4-7-19(11-15)27-22(29)23(30)28-26-13-16-6-2-3-8-21(16)31-14-17-9-10-18(24)12-20(17)25/h2-13H,14H2,1H3,(H,27,29)(H,28,30)/b26-13-. The van der Waals surface area contributed by atoms with E-state index in [9.17, 15) is 9.59 Å². The Kier molecular flexibility index (Phi) is 7.65. The summed E-state index contributed by atoms with van der Waals surface area (Å²) in [7, 11) is 0. The van der Waals surface area contributed by atoms with E-state index in [1.165, 1.54) is 6.21 Å². The van der Waals surface area contributed by atoms with E-state index in [2.05, 4.69) is 15.8 Å². The summed E-state index contributed by atoms with van der Waals surface area (Å²) in [4.78, 5) is 24.0. The molecule has 3 aromatic carbocycles. The molecule has 0 aliphatic rings. The third-order valence-corrected chi connectivity index (χ3v) is 4.76. The Morgan fingerprint density at radius 1 is 1.00 bits per heavy atom. The SMILES string of the molecule is Cc1cccc(NC(=O)C(=O)N/N=C\c2ccccc2OCc2ccc(Cl)cc2Cl)c1. The van der Waals surface area contributed by atoms with E-state index >= 15 is 0 Å². The topological polar surface area (TPSA) is 79.8 Å². The first-order chi connectivity index (χ1) is 14.9. The van der Waals surface area contributed by atoms with Gasteiger partial charge in [-0.15, -0.1) is 0 Å². The molecule has 0 radical (unpaired) electrons. The molecule has 2 amide bonds. The lowest BCUT2D eigenvalue weighted by Gasteiger charge is -2.10. The molecule has 3 rings (SSSR count). The fourth-order valence-electron chi connectivity index (χ4n) is 2.63. The second-order valence-electron chi connectivity index (χ2n) is 6.58. The molecule has 31 heavy (non-hydrogen) atoms. The van der Waals surface area contributed by atoms with Gasteiger partial charge in [0.1, 0.15) is 12.4 Å². The van der Waals surface area contributed by atoms with Crippen molar-refractivity contribution in [1.29, 1.82) is 0 Å². The number of hydrazone groups is 1. The summed E-state index contributed by atoms with van der Waals surface area (Å²) in [5.74, 6) is -1.16. The lowest BCUT2D eigenvalue weighted by atomic mass is 10.2. The van der Waals surface area contributed by atoms with Crippen LogP contribution in [0.1, 0.15) is 16.7 Å². The molecule has 0 bridgehead atoms. The number of carbonyl (C=O) groups is 2. The van der Waals surface area contributed by atoms with Crippen molar-refractivity contribution in [2.75, 3.05) is 5.32 Å². The van der Waals surface area contributed by atoms with Crippen LogP contribution in [0.25, 0.3) is 0 Å². The number of hydrogen-bond acceptors (Lipinski definition) is 4. The summed E-state index contributed by atoms with van der Waals surface area (Å²) in [6, 6.07) is 19.4. The van der Waals surface area contributed by atoms with Gasteiger partial charge in [-0.25, -0.2) is 5.43 Å². The number of para-hydroxylation sites is 1. The molecule has 6 nitrogen and oxygen atoms in total. The van der Waals surface area contributed by atoms with E-state index in [1.54, 1.807) is 54.6 Å². The maximum absolute atomic E-state index is 12.0. The maximum Gasteiger partial charge on any atom is 0.329 e. The van der Waals surface area contributed by atoms with Crippen LogP contribution in [0, 0.1) is 6.92 Å². The first-order valence-electron chi connectivity index (χ1n) is 9.29. The molecule has 0 heterocycles. The number of aryl methyl sites for hydroxylation is 1. The molecule has 0 spiro atoms. The van der Waals surface area contributed by atoms with Crippen molar-refractivity contribution >= 4 is 46.9 Å². The van der Waals surface area contributed by atoms with Gasteiger partial charge < -0.3 is 10.1 Å². The largest absolute Gasteiger partial charge is 0.488 e. The minimum absolute atomic E-state index is 0.228. The number of anilines is 1. The van der Waals surface area contributed by atoms with Crippen molar-refractivity contribution in [3.8, 4) is 5.75 Å². The average molecular weight is 456 g/mol. The van der Waals surface area contributed by atoms with Crippen LogP contribution in [0.4, 0.5) is 5.69 Å². The number of benzene rings is 3. The first kappa shape index (κ1) is 22.3. The monoisotopic (exact) mass is 455 g/mol. The third-order valence-electron chi connectivity index (χ3n) is 4.17. The number of nitrogens with zero attached hydrogens (tertiary/aromatic N) is 1. The second-order valence-corrected chi connectivity index (χ2v) is 7.43. The van der Waals surface area contributed by atoms with Gasteiger partial charge in [0.25, 0.3) is 0 Å². The summed E-state index contributed by atoms with van der Waals surface area (Å²) >= 11 is 12.1. The minimum atomic E-state index is -0.885. The zero-order valence-electron chi connectivity index (χ0n) is 16.6. The van der Waals surface area contributed by atoms with E-state index in [4.69, 9.17) is 27.9 Å². The quantitative estimate of drug-likeness (QED) is 0.312. The molecular weight excluding hydrogens is 437 g/mol. The van der Waals surface area contributed by atoms with Gasteiger partial charge in [-0.2, -0.15) is 5.10 Å². The molecule has 0 saturated carbocycles. The zero-order valence-corrected chi connectivity index (χ0v) is 18.1. The van der Waals surface area contributed by atoms with E-state index in [0.717, 1.165) is 11.1 Å². The van der Waals surface area contributed by atoms with Crippen molar-refractivity contribution in [3.05, 3.63) is 93.5 Å². The van der Waals surface area contributed by atoms with Crippen molar-refractivity contribution in [2.45, 2.75) is 13.5 Å². The van der Waals surface area contributed by atoms with Gasteiger partial charge in [0, 0.05) is 26.9 Å². The molecule has 0 atom stereocenters. The molecule has 0 unspecified atom stereocenters. The smallest absolute Gasteiger partial charge is 0.329 e. The van der Waals surface area contributed by atoms with E-state index in [0.29, 0.717) is 27.0 Å². The third kappa shape index (κ3) is 6.57. The van der Waals surface area contributed by atoms with E-state index in [1.807, 2.05) is 19.1 Å². The van der Waals surface area contributed by atoms with Crippen molar-refractivity contribution in [1.82, 2.24) is 5.43 Å². The zero-order chi connectivity index (χ0) is 22.2. The summed E-state index contributed by atoms with van der Waals surface area (Å²) in [5.41, 5.74) is 5.10. The van der Waals surface area contributed by atoms with Crippen LogP contribution in [0.2, 0.25) is 10.0 Å². The van der Waals surface area contributed by atoms with Crippen LogP contribution < -0.4 is 15.5 Å². The first-order valence-corrected chi connectivity index (χ1v) is 10.0. The summed E-state index contributed by atoms with van der Waals surface area (Å²) in [5, 5.41) is 7.43. The number of hydrogen-bond donors (Lipinski definition) is 2. The van der Waals surface area contributed by atoms with Crippen molar-refractivity contribution in [3.63, 3.8) is 0 Å². The minimum Gasteiger partial charge on any atom is -0.488 e. The van der Waals surface area contributed by atoms with Crippen LogP contribution in [0.15, 0.2) is 71.8 Å². The lowest BCUT2D eigenvalue weighted by molar-refractivity contribution is -0.136. The van der Waals surface area contributed by atoms with Gasteiger partial charge in [-0.1, -0.05) is 53.5 Å². The van der Waals surface area contributed by atoms with Gasteiger partial charge in [0.05, 0.1) is 6.21 Å². The molecule has 0 fully saturated rings. The highest BCUT2D eigenvalue weighted by Gasteiger charge is 2.13. The Hall–Kier alpha value is -3.35. The van der Waals surface area contributed by atoms with Crippen LogP contribution in [0.3, 0.4) is 0 Å². The van der Waals surface area contributed by atoms with E-state index in [-0.39, 0.29) is 6.61 Å². The van der Waals surface area contributed by atoms with Gasteiger partial charge in [0.2, 0.25) is 0 Å². The number of rotatable bonds is 6. The molecule has 0 aliphatic carbocycles. The summed E-state index contributed by atoms with van der Waals surface area (Å²) in [6.07, 6.45) is 1.40. The molecule has 0 saturated heterocycles. The van der Waals surface area contributed by atoms with Gasteiger partial charge in [-0.05, 0) is 48.9 Å². The Labute approximate surface area is 189 Å². The number of nitrogens with one attached hydrogen (secondary N) is 2. The van der Waals surface area contributed by atoms with Crippen LogP contribution in [-0.2, 0) is 16.2 Å². The molecule has 158 valence electrons. The molecule has 8 heteroatoms. The molecule has 3 aromatic rings.